The highest BCUT2D eigenvalue weighted by Crippen LogP contribution is 2.13. The lowest BCUT2D eigenvalue weighted by Gasteiger charge is -2.30. The van der Waals surface area contributed by atoms with Crippen molar-refractivity contribution in [3.63, 3.8) is 0 Å². The predicted octanol–water partition coefficient (Wildman–Crippen LogP) is 3.83. The minimum absolute atomic E-state index is 0.00399. The van der Waals surface area contributed by atoms with Crippen LogP contribution in [0.1, 0.15) is 38.7 Å². The Labute approximate surface area is 174 Å². The summed E-state index contributed by atoms with van der Waals surface area (Å²) >= 11 is 0. The minimum atomic E-state index is -0.443. The lowest BCUT2D eigenvalue weighted by molar-refractivity contribution is -0.140. The maximum atomic E-state index is 13.0. The van der Waals surface area contributed by atoms with Crippen molar-refractivity contribution in [2.45, 2.75) is 45.6 Å². The van der Waals surface area contributed by atoms with Gasteiger partial charge in [0.25, 0.3) is 0 Å². The molecule has 0 aromatic heterocycles. The molecule has 1 N–H and O–H groups in total. The SMILES string of the molecule is CCNC(=O)C(CC)N(CCc1ccccc1)C(=O)CCCOc1ccccc1. The number of carbonyl (C=O) groups excluding carboxylic acids is 2. The van der Waals surface area contributed by atoms with E-state index in [0.29, 0.717) is 39.0 Å². The Hall–Kier alpha value is -2.82. The summed E-state index contributed by atoms with van der Waals surface area (Å²) in [5.41, 5.74) is 1.16. The molecule has 0 fully saturated rings. The topological polar surface area (TPSA) is 58.6 Å². The second-order valence-electron chi connectivity index (χ2n) is 6.91. The third-order valence-corrected chi connectivity index (χ3v) is 4.77. The summed E-state index contributed by atoms with van der Waals surface area (Å²) < 4.78 is 5.69. The quantitative estimate of drug-likeness (QED) is 0.555. The molecule has 2 aromatic rings. The van der Waals surface area contributed by atoms with Crippen LogP contribution in [0.5, 0.6) is 5.75 Å². The molecule has 5 nitrogen and oxygen atoms in total. The lowest BCUT2D eigenvalue weighted by atomic mass is 10.1. The van der Waals surface area contributed by atoms with Crippen molar-refractivity contribution >= 4 is 11.8 Å². The molecule has 0 aliphatic carbocycles. The van der Waals surface area contributed by atoms with Gasteiger partial charge in [-0.1, -0.05) is 55.5 Å². The number of hydrogen-bond donors (Lipinski definition) is 1. The van der Waals surface area contributed by atoms with Crippen molar-refractivity contribution in [1.82, 2.24) is 10.2 Å². The van der Waals surface area contributed by atoms with Gasteiger partial charge in [-0.2, -0.15) is 0 Å². The van der Waals surface area contributed by atoms with Gasteiger partial charge in [0.2, 0.25) is 11.8 Å². The van der Waals surface area contributed by atoms with Gasteiger partial charge < -0.3 is 15.0 Å². The molecule has 0 aliphatic heterocycles. The number of ether oxygens (including phenoxy) is 1. The molecule has 2 aromatic carbocycles. The average Bonchev–Trinajstić information content (AvgIpc) is 2.75. The first-order valence-electron chi connectivity index (χ1n) is 10.4. The van der Waals surface area contributed by atoms with E-state index in [2.05, 4.69) is 5.32 Å². The molecular formula is C24H32N2O3. The summed E-state index contributed by atoms with van der Waals surface area (Å²) in [6.45, 7) is 5.39. The Kier molecular flexibility index (Phi) is 9.76. The van der Waals surface area contributed by atoms with E-state index < -0.39 is 6.04 Å². The summed E-state index contributed by atoms with van der Waals surface area (Å²) in [7, 11) is 0. The van der Waals surface area contributed by atoms with E-state index in [1.54, 1.807) is 4.90 Å². The number of carbonyl (C=O) groups is 2. The van der Waals surface area contributed by atoms with Crippen LogP contribution in [0.2, 0.25) is 0 Å². The van der Waals surface area contributed by atoms with Crippen LogP contribution < -0.4 is 10.1 Å². The molecule has 0 spiro atoms. The van der Waals surface area contributed by atoms with E-state index in [9.17, 15) is 9.59 Å². The van der Waals surface area contributed by atoms with Crippen LogP contribution in [0.4, 0.5) is 0 Å². The molecule has 1 atom stereocenters. The normalized spacial score (nSPS) is 11.5. The summed E-state index contributed by atoms with van der Waals surface area (Å²) in [4.78, 5) is 27.2. The van der Waals surface area contributed by atoms with Crippen LogP contribution in [0.3, 0.4) is 0 Å². The van der Waals surface area contributed by atoms with Crippen molar-refractivity contribution in [3.05, 3.63) is 66.2 Å². The molecular weight excluding hydrogens is 364 g/mol. The molecule has 0 aliphatic rings. The number of likely N-dealkylation sites (N-methyl/N-ethyl adjacent to an activating group) is 1. The van der Waals surface area contributed by atoms with Crippen LogP contribution in [0.25, 0.3) is 0 Å². The molecule has 29 heavy (non-hydrogen) atoms. The van der Waals surface area contributed by atoms with Gasteiger partial charge in [-0.3, -0.25) is 9.59 Å². The van der Waals surface area contributed by atoms with Gasteiger partial charge in [-0.25, -0.2) is 0 Å². The van der Waals surface area contributed by atoms with Crippen LogP contribution in [0.15, 0.2) is 60.7 Å². The van der Waals surface area contributed by atoms with E-state index in [1.807, 2.05) is 74.5 Å². The van der Waals surface area contributed by atoms with Gasteiger partial charge in [0.05, 0.1) is 6.61 Å². The molecule has 0 saturated carbocycles. The average molecular weight is 397 g/mol. The van der Waals surface area contributed by atoms with Gasteiger partial charge in [0, 0.05) is 19.5 Å². The first-order chi connectivity index (χ1) is 14.2. The van der Waals surface area contributed by atoms with Gasteiger partial charge in [0.15, 0.2) is 0 Å². The van der Waals surface area contributed by atoms with E-state index >= 15 is 0 Å². The van der Waals surface area contributed by atoms with Crippen molar-refractivity contribution in [2.75, 3.05) is 19.7 Å². The number of nitrogens with zero attached hydrogens (tertiary/aromatic N) is 1. The molecule has 2 amide bonds. The van der Waals surface area contributed by atoms with Crippen LogP contribution in [-0.2, 0) is 16.0 Å². The Balaban J connectivity index is 1.96. The Morgan fingerprint density at radius 2 is 1.66 bits per heavy atom. The maximum absolute atomic E-state index is 13.0. The zero-order valence-corrected chi connectivity index (χ0v) is 17.5. The number of amides is 2. The maximum Gasteiger partial charge on any atom is 0.242 e. The zero-order chi connectivity index (χ0) is 20.9. The molecule has 0 radical (unpaired) electrons. The summed E-state index contributed by atoms with van der Waals surface area (Å²) in [6.07, 6.45) is 2.29. The number of hydrogen-bond acceptors (Lipinski definition) is 3. The number of nitrogens with one attached hydrogen (secondary N) is 1. The van der Waals surface area contributed by atoms with Crippen molar-refractivity contribution < 1.29 is 14.3 Å². The van der Waals surface area contributed by atoms with Gasteiger partial charge >= 0.3 is 0 Å². The van der Waals surface area contributed by atoms with Crippen LogP contribution in [0, 0.1) is 0 Å². The number of para-hydroxylation sites is 1. The first kappa shape index (κ1) is 22.5. The molecule has 5 heteroatoms. The fraction of sp³-hybridized carbons (Fsp3) is 0.417. The lowest BCUT2D eigenvalue weighted by Crippen LogP contribution is -2.50. The monoisotopic (exact) mass is 396 g/mol. The second-order valence-corrected chi connectivity index (χ2v) is 6.91. The molecule has 1 unspecified atom stereocenters. The van der Waals surface area contributed by atoms with E-state index in [-0.39, 0.29) is 11.8 Å². The van der Waals surface area contributed by atoms with Crippen molar-refractivity contribution in [1.29, 1.82) is 0 Å². The molecule has 0 saturated heterocycles. The smallest absolute Gasteiger partial charge is 0.242 e. The largest absolute Gasteiger partial charge is 0.494 e. The van der Waals surface area contributed by atoms with E-state index in [4.69, 9.17) is 4.74 Å². The van der Waals surface area contributed by atoms with Gasteiger partial charge in [-0.15, -0.1) is 0 Å². The third kappa shape index (κ3) is 7.60. The molecule has 2 rings (SSSR count). The van der Waals surface area contributed by atoms with Gasteiger partial charge in [0.1, 0.15) is 11.8 Å². The number of benzene rings is 2. The Bertz CT molecular complexity index is 734. The van der Waals surface area contributed by atoms with Crippen LogP contribution >= 0.6 is 0 Å². The highest BCUT2D eigenvalue weighted by Gasteiger charge is 2.27. The standard InChI is InChI=1S/C24H32N2O3/c1-3-22(24(28)25-4-2)26(18-17-20-12-7-5-8-13-20)23(27)16-11-19-29-21-14-9-6-10-15-21/h5-10,12-15,22H,3-4,11,16-19H2,1-2H3,(H,25,28). The van der Waals surface area contributed by atoms with Crippen molar-refractivity contribution in [3.8, 4) is 5.75 Å². The molecule has 0 bridgehead atoms. The minimum Gasteiger partial charge on any atom is -0.494 e. The highest BCUT2D eigenvalue weighted by molar-refractivity contribution is 5.87. The third-order valence-electron chi connectivity index (χ3n) is 4.77. The highest BCUT2D eigenvalue weighted by atomic mass is 16.5. The van der Waals surface area contributed by atoms with Gasteiger partial charge in [-0.05, 0) is 43.9 Å². The summed E-state index contributed by atoms with van der Waals surface area (Å²) in [6, 6.07) is 19.2. The fourth-order valence-electron chi connectivity index (χ4n) is 3.26. The van der Waals surface area contributed by atoms with Crippen molar-refractivity contribution in [2.24, 2.45) is 0 Å². The molecule has 156 valence electrons. The first-order valence-corrected chi connectivity index (χ1v) is 10.4. The predicted molar refractivity (Wildman–Crippen MR) is 116 cm³/mol. The fourth-order valence-corrected chi connectivity index (χ4v) is 3.26. The zero-order valence-electron chi connectivity index (χ0n) is 17.5. The Morgan fingerprint density at radius 1 is 1.00 bits per heavy atom. The van der Waals surface area contributed by atoms with E-state index in [0.717, 1.165) is 17.7 Å². The Morgan fingerprint density at radius 3 is 2.28 bits per heavy atom. The molecule has 0 heterocycles. The second kappa shape index (κ2) is 12.6. The van der Waals surface area contributed by atoms with E-state index in [1.165, 1.54) is 0 Å². The summed E-state index contributed by atoms with van der Waals surface area (Å²) in [5.74, 6) is 0.710. The number of rotatable bonds is 12. The van der Waals surface area contributed by atoms with Crippen LogP contribution in [-0.4, -0.2) is 42.5 Å². The summed E-state index contributed by atoms with van der Waals surface area (Å²) in [5, 5.41) is 2.86.